The third-order valence-electron chi connectivity index (χ3n) is 2.43. The molecular weight excluding hydrogens is 308 g/mol. The number of Topliss-reactive ketones (excluding diaryl/α,β-unsaturated/α-hetero) is 2. The monoisotopic (exact) mass is 330 g/mol. The SMILES string of the molecule is O=C(CO)C(O)C(O)CO.O=C(CO)[C@@H](O)[C@@H](O)[C@@H](O)CO. The highest BCUT2D eigenvalue weighted by molar-refractivity contribution is 5.84. The van der Waals surface area contributed by atoms with Crippen LogP contribution in [0.3, 0.4) is 0 Å². The first-order chi connectivity index (χ1) is 10.2. The number of aliphatic hydroxyl groups excluding tert-OH is 9. The minimum absolute atomic E-state index is 0.701. The minimum Gasteiger partial charge on any atom is -0.394 e. The molecule has 0 aromatic heterocycles. The van der Waals surface area contributed by atoms with E-state index in [0.717, 1.165) is 0 Å². The lowest BCUT2D eigenvalue weighted by Gasteiger charge is -2.19. The van der Waals surface area contributed by atoms with Crippen molar-refractivity contribution in [3.05, 3.63) is 0 Å². The van der Waals surface area contributed by atoms with Crippen LogP contribution in [0.15, 0.2) is 0 Å². The van der Waals surface area contributed by atoms with Crippen molar-refractivity contribution < 1.29 is 55.5 Å². The highest BCUT2D eigenvalue weighted by atomic mass is 16.4. The quantitative estimate of drug-likeness (QED) is 0.194. The van der Waals surface area contributed by atoms with E-state index in [2.05, 4.69) is 0 Å². The van der Waals surface area contributed by atoms with Crippen LogP contribution in [0.4, 0.5) is 0 Å². The molecule has 0 bridgehead atoms. The Kier molecular flexibility index (Phi) is 13.2. The largest absolute Gasteiger partial charge is 0.394 e. The molecule has 9 N–H and O–H groups in total. The number of carbonyl (C=O) groups excluding carboxylic acids is 2. The van der Waals surface area contributed by atoms with Crippen molar-refractivity contribution in [2.75, 3.05) is 26.4 Å². The molecule has 0 aromatic carbocycles. The van der Waals surface area contributed by atoms with E-state index < -0.39 is 68.5 Å². The summed E-state index contributed by atoms with van der Waals surface area (Å²) in [6.07, 6.45) is -8.41. The van der Waals surface area contributed by atoms with Crippen molar-refractivity contribution in [2.45, 2.75) is 30.5 Å². The highest BCUT2D eigenvalue weighted by Gasteiger charge is 2.28. The summed E-state index contributed by atoms with van der Waals surface area (Å²) >= 11 is 0. The lowest BCUT2D eigenvalue weighted by atomic mass is 10.1. The second-order valence-electron chi connectivity index (χ2n) is 4.13. The average molecular weight is 330 g/mol. The van der Waals surface area contributed by atoms with Gasteiger partial charge in [-0.3, -0.25) is 9.59 Å². The van der Waals surface area contributed by atoms with Crippen molar-refractivity contribution in [3.8, 4) is 0 Å². The molecule has 5 atom stereocenters. The van der Waals surface area contributed by atoms with Crippen molar-refractivity contribution in [1.82, 2.24) is 0 Å². The first-order valence-electron chi connectivity index (χ1n) is 6.07. The van der Waals surface area contributed by atoms with E-state index in [1.807, 2.05) is 0 Å². The Bertz CT molecular complexity index is 321. The maximum absolute atomic E-state index is 10.5. The molecule has 22 heavy (non-hydrogen) atoms. The molecule has 11 heteroatoms. The van der Waals surface area contributed by atoms with Crippen molar-refractivity contribution >= 4 is 11.6 Å². The Morgan fingerprint density at radius 1 is 0.636 bits per heavy atom. The Morgan fingerprint density at radius 2 is 1.00 bits per heavy atom. The molecule has 0 aliphatic carbocycles. The molecule has 0 fully saturated rings. The van der Waals surface area contributed by atoms with Crippen LogP contribution in [-0.4, -0.2) is 114 Å². The third-order valence-corrected chi connectivity index (χ3v) is 2.43. The van der Waals surface area contributed by atoms with Crippen LogP contribution in [0.1, 0.15) is 0 Å². The first kappa shape index (κ1) is 23.2. The van der Waals surface area contributed by atoms with Gasteiger partial charge < -0.3 is 46.0 Å². The number of hydrogen-bond acceptors (Lipinski definition) is 11. The lowest BCUT2D eigenvalue weighted by Crippen LogP contribution is -2.44. The number of ketones is 2. The van der Waals surface area contributed by atoms with Gasteiger partial charge in [-0.25, -0.2) is 0 Å². The van der Waals surface area contributed by atoms with E-state index in [9.17, 15) is 9.59 Å². The lowest BCUT2D eigenvalue weighted by molar-refractivity contribution is -0.142. The number of aliphatic hydroxyl groups is 9. The second-order valence-corrected chi connectivity index (χ2v) is 4.13. The maximum atomic E-state index is 10.5. The van der Waals surface area contributed by atoms with E-state index in [1.54, 1.807) is 0 Å². The normalized spacial score (nSPS) is 17.5. The molecule has 0 aliphatic rings. The molecule has 2 unspecified atom stereocenters. The van der Waals surface area contributed by atoms with Gasteiger partial charge in [0.25, 0.3) is 0 Å². The van der Waals surface area contributed by atoms with E-state index in [4.69, 9.17) is 46.0 Å². The number of hydrogen-bond donors (Lipinski definition) is 9. The van der Waals surface area contributed by atoms with Crippen LogP contribution in [0.25, 0.3) is 0 Å². The zero-order valence-electron chi connectivity index (χ0n) is 11.6. The summed E-state index contributed by atoms with van der Waals surface area (Å²) in [6.45, 7) is -3.22. The summed E-state index contributed by atoms with van der Waals surface area (Å²) in [6, 6.07) is 0. The van der Waals surface area contributed by atoms with Gasteiger partial charge in [-0.2, -0.15) is 0 Å². The van der Waals surface area contributed by atoms with Crippen molar-refractivity contribution in [1.29, 1.82) is 0 Å². The summed E-state index contributed by atoms with van der Waals surface area (Å²) in [7, 11) is 0. The maximum Gasteiger partial charge on any atom is 0.189 e. The molecule has 132 valence electrons. The molecule has 0 spiro atoms. The van der Waals surface area contributed by atoms with Crippen LogP contribution in [0, 0.1) is 0 Å². The molecule has 11 nitrogen and oxygen atoms in total. The van der Waals surface area contributed by atoms with E-state index in [-0.39, 0.29) is 0 Å². The average Bonchev–Trinajstić information content (AvgIpc) is 2.56. The first-order valence-corrected chi connectivity index (χ1v) is 6.07. The van der Waals surface area contributed by atoms with E-state index in [0.29, 0.717) is 0 Å². The highest BCUT2D eigenvalue weighted by Crippen LogP contribution is 2.00. The fourth-order valence-corrected chi connectivity index (χ4v) is 1.01. The summed E-state index contributed by atoms with van der Waals surface area (Å²) < 4.78 is 0. The molecule has 0 aliphatic heterocycles. The predicted octanol–water partition coefficient (Wildman–Crippen LogP) is -6.12. The predicted molar refractivity (Wildman–Crippen MR) is 68.4 cm³/mol. The summed E-state index contributed by atoms with van der Waals surface area (Å²) in [4.78, 5) is 20.9. The van der Waals surface area contributed by atoms with Crippen LogP contribution in [0.5, 0.6) is 0 Å². The van der Waals surface area contributed by atoms with Gasteiger partial charge in [0.1, 0.15) is 43.7 Å². The molecule has 0 amide bonds. The Morgan fingerprint density at radius 3 is 1.32 bits per heavy atom. The zero-order valence-corrected chi connectivity index (χ0v) is 11.6. The molecule has 0 saturated carbocycles. The Hall–Kier alpha value is -1.02. The zero-order chi connectivity index (χ0) is 17.9. The van der Waals surface area contributed by atoms with E-state index in [1.165, 1.54) is 0 Å². The fourth-order valence-electron chi connectivity index (χ4n) is 1.01. The Balaban J connectivity index is 0. The standard InChI is InChI=1S/C6H12O6.C5H10O5/c7-1-3(9)5(11)6(12)4(10)2-8;6-1-3(8)5(10)4(9)2-7/h3,5-9,11-12H,1-2H2;3,5-8,10H,1-2H2/t3-,5-,6+;/m0./s1. The summed E-state index contributed by atoms with van der Waals surface area (Å²) in [5.74, 6) is -1.91. The Labute approximate surface area is 125 Å². The van der Waals surface area contributed by atoms with Gasteiger partial charge in [-0.1, -0.05) is 0 Å². The van der Waals surface area contributed by atoms with Crippen molar-refractivity contribution in [3.63, 3.8) is 0 Å². The van der Waals surface area contributed by atoms with Gasteiger partial charge in [0, 0.05) is 0 Å². The topological polar surface area (TPSA) is 216 Å². The van der Waals surface area contributed by atoms with Gasteiger partial charge in [0.2, 0.25) is 0 Å². The van der Waals surface area contributed by atoms with Gasteiger partial charge in [0.15, 0.2) is 11.6 Å². The van der Waals surface area contributed by atoms with Crippen LogP contribution in [-0.2, 0) is 9.59 Å². The van der Waals surface area contributed by atoms with Crippen molar-refractivity contribution in [2.24, 2.45) is 0 Å². The second kappa shape index (κ2) is 12.5. The smallest absolute Gasteiger partial charge is 0.189 e. The third kappa shape index (κ3) is 8.43. The number of rotatable bonds is 9. The van der Waals surface area contributed by atoms with Gasteiger partial charge in [-0.05, 0) is 0 Å². The number of carbonyl (C=O) groups is 2. The molecule has 0 saturated heterocycles. The van der Waals surface area contributed by atoms with Crippen LogP contribution >= 0.6 is 0 Å². The molecule has 0 radical (unpaired) electrons. The minimum atomic E-state index is -1.86. The van der Waals surface area contributed by atoms with E-state index >= 15 is 0 Å². The summed E-state index contributed by atoms with van der Waals surface area (Å²) in [5.41, 5.74) is 0. The fraction of sp³-hybridized carbons (Fsp3) is 0.818. The van der Waals surface area contributed by atoms with Gasteiger partial charge in [-0.15, -0.1) is 0 Å². The van der Waals surface area contributed by atoms with Gasteiger partial charge in [0.05, 0.1) is 13.2 Å². The molecule has 0 rings (SSSR count). The van der Waals surface area contributed by atoms with Crippen LogP contribution < -0.4 is 0 Å². The molecule has 0 aromatic rings. The molecule has 0 heterocycles. The van der Waals surface area contributed by atoms with Gasteiger partial charge >= 0.3 is 0 Å². The van der Waals surface area contributed by atoms with Crippen LogP contribution in [0.2, 0.25) is 0 Å². The summed E-state index contributed by atoms with van der Waals surface area (Å²) in [5, 5.41) is 76.7. The molecular formula is C11H22O11.